The summed E-state index contributed by atoms with van der Waals surface area (Å²) in [5.74, 6) is 0. The zero-order chi connectivity index (χ0) is 19.0. The van der Waals surface area contributed by atoms with Crippen molar-refractivity contribution in [1.82, 2.24) is 9.29 Å². The molecule has 5 nitrogen and oxygen atoms in total. The molecule has 3 aromatic rings. The SMILES string of the molecule is Cc1csc(-c2cc(S(=O)(=O)N3CCN(c4ccccc4)CC3)c(C)s2)n1. The number of benzene rings is 1. The number of anilines is 1. The predicted octanol–water partition coefficient (Wildman–Crippen LogP) is 4.00. The van der Waals surface area contributed by atoms with Crippen LogP contribution in [0.1, 0.15) is 10.6 Å². The number of para-hydroxylation sites is 1. The molecule has 1 aliphatic rings. The van der Waals surface area contributed by atoms with Crippen LogP contribution in [0, 0.1) is 13.8 Å². The summed E-state index contributed by atoms with van der Waals surface area (Å²) in [6, 6.07) is 11.9. The maximum Gasteiger partial charge on any atom is 0.244 e. The molecule has 27 heavy (non-hydrogen) atoms. The van der Waals surface area contributed by atoms with Crippen LogP contribution in [-0.2, 0) is 10.0 Å². The van der Waals surface area contributed by atoms with Gasteiger partial charge in [-0.15, -0.1) is 22.7 Å². The number of piperazine rings is 1. The van der Waals surface area contributed by atoms with Crippen molar-refractivity contribution < 1.29 is 8.42 Å². The Morgan fingerprint density at radius 1 is 1.04 bits per heavy atom. The average Bonchev–Trinajstić information content (AvgIpc) is 3.28. The normalized spacial score (nSPS) is 16.0. The third-order valence-electron chi connectivity index (χ3n) is 4.68. The van der Waals surface area contributed by atoms with Crippen LogP contribution in [0.3, 0.4) is 0 Å². The highest BCUT2D eigenvalue weighted by atomic mass is 32.2. The third kappa shape index (κ3) is 3.67. The number of nitrogens with zero attached hydrogens (tertiary/aromatic N) is 3. The fraction of sp³-hybridized carbons (Fsp3) is 0.316. The molecule has 142 valence electrons. The highest BCUT2D eigenvalue weighted by Crippen LogP contribution is 2.36. The zero-order valence-electron chi connectivity index (χ0n) is 15.3. The smallest absolute Gasteiger partial charge is 0.244 e. The van der Waals surface area contributed by atoms with Crippen molar-refractivity contribution >= 4 is 38.4 Å². The lowest BCUT2D eigenvalue weighted by Gasteiger charge is -2.35. The van der Waals surface area contributed by atoms with E-state index in [1.807, 2.05) is 37.4 Å². The molecule has 3 heterocycles. The van der Waals surface area contributed by atoms with Crippen molar-refractivity contribution in [2.75, 3.05) is 31.1 Å². The van der Waals surface area contributed by atoms with E-state index in [4.69, 9.17) is 0 Å². The first-order chi connectivity index (χ1) is 12.9. The molecule has 1 aromatic carbocycles. The molecule has 0 radical (unpaired) electrons. The van der Waals surface area contributed by atoms with Gasteiger partial charge in [0.2, 0.25) is 10.0 Å². The van der Waals surface area contributed by atoms with Crippen LogP contribution in [0.4, 0.5) is 5.69 Å². The van der Waals surface area contributed by atoms with Gasteiger partial charge in [-0.25, -0.2) is 13.4 Å². The monoisotopic (exact) mass is 419 g/mol. The summed E-state index contributed by atoms with van der Waals surface area (Å²) in [6.45, 7) is 6.22. The maximum atomic E-state index is 13.2. The Morgan fingerprint density at radius 2 is 1.74 bits per heavy atom. The molecular weight excluding hydrogens is 398 g/mol. The topological polar surface area (TPSA) is 53.5 Å². The van der Waals surface area contributed by atoms with E-state index in [2.05, 4.69) is 22.0 Å². The van der Waals surface area contributed by atoms with Gasteiger partial charge in [-0.2, -0.15) is 4.31 Å². The predicted molar refractivity (Wildman–Crippen MR) is 112 cm³/mol. The van der Waals surface area contributed by atoms with Crippen molar-refractivity contribution in [2.24, 2.45) is 0 Å². The number of aromatic nitrogens is 1. The minimum Gasteiger partial charge on any atom is -0.369 e. The molecule has 2 aromatic heterocycles. The molecule has 1 fully saturated rings. The van der Waals surface area contributed by atoms with Gasteiger partial charge in [-0.1, -0.05) is 18.2 Å². The second-order valence-electron chi connectivity index (χ2n) is 6.55. The van der Waals surface area contributed by atoms with Gasteiger partial charge in [0.05, 0.1) is 9.77 Å². The second-order valence-corrected chi connectivity index (χ2v) is 10.6. The zero-order valence-corrected chi connectivity index (χ0v) is 17.7. The largest absolute Gasteiger partial charge is 0.369 e. The van der Waals surface area contributed by atoms with E-state index in [-0.39, 0.29) is 0 Å². The number of thiophene rings is 1. The first kappa shape index (κ1) is 18.6. The fourth-order valence-corrected chi connectivity index (χ4v) is 7.10. The lowest BCUT2D eigenvalue weighted by atomic mass is 10.2. The average molecular weight is 420 g/mol. The molecule has 0 atom stereocenters. The van der Waals surface area contributed by atoms with Crippen LogP contribution in [0.25, 0.3) is 9.88 Å². The molecule has 4 rings (SSSR count). The summed E-state index contributed by atoms with van der Waals surface area (Å²) in [4.78, 5) is 8.89. The van der Waals surface area contributed by atoms with E-state index in [0.717, 1.165) is 26.1 Å². The lowest BCUT2D eigenvalue weighted by Crippen LogP contribution is -2.48. The standard InChI is InChI=1S/C19H21N3O2S3/c1-14-13-25-19(20-14)17-12-18(15(2)26-17)27(23,24)22-10-8-21(9-11-22)16-6-4-3-5-7-16/h3-7,12-13H,8-11H2,1-2H3. The number of hydrogen-bond donors (Lipinski definition) is 0. The van der Waals surface area contributed by atoms with E-state index < -0.39 is 10.0 Å². The third-order valence-corrected chi connectivity index (χ3v) is 9.01. The Labute approximate surface area is 168 Å². The van der Waals surface area contributed by atoms with Gasteiger partial charge >= 0.3 is 0 Å². The van der Waals surface area contributed by atoms with E-state index in [0.29, 0.717) is 31.1 Å². The van der Waals surface area contributed by atoms with Crippen LogP contribution in [-0.4, -0.2) is 43.9 Å². The Morgan fingerprint density at radius 3 is 2.37 bits per heavy atom. The van der Waals surface area contributed by atoms with E-state index >= 15 is 0 Å². The highest BCUT2D eigenvalue weighted by molar-refractivity contribution is 7.89. The minimum atomic E-state index is -3.48. The number of hydrogen-bond acceptors (Lipinski definition) is 6. The molecule has 0 N–H and O–H groups in total. The Hall–Kier alpha value is -1.74. The molecule has 0 bridgehead atoms. The summed E-state index contributed by atoms with van der Waals surface area (Å²) in [5, 5.41) is 2.87. The number of aryl methyl sites for hydroxylation is 2. The van der Waals surface area contributed by atoms with Crippen molar-refractivity contribution in [3.8, 4) is 9.88 Å². The Bertz CT molecular complexity index is 1030. The summed E-state index contributed by atoms with van der Waals surface area (Å²) in [6.07, 6.45) is 0. The quantitative estimate of drug-likeness (QED) is 0.641. The van der Waals surface area contributed by atoms with Gasteiger partial charge in [0.1, 0.15) is 5.01 Å². The van der Waals surface area contributed by atoms with Crippen molar-refractivity contribution in [3.05, 3.63) is 52.3 Å². The van der Waals surface area contributed by atoms with Gasteiger partial charge in [0.15, 0.2) is 0 Å². The summed E-state index contributed by atoms with van der Waals surface area (Å²) < 4.78 is 28.0. The van der Waals surface area contributed by atoms with Crippen molar-refractivity contribution in [1.29, 1.82) is 0 Å². The molecular formula is C19H21N3O2S3. The molecule has 1 aliphatic heterocycles. The van der Waals surface area contributed by atoms with Gasteiger partial charge in [-0.3, -0.25) is 0 Å². The van der Waals surface area contributed by atoms with Crippen LogP contribution in [0.15, 0.2) is 46.7 Å². The van der Waals surface area contributed by atoms with Crippen molar-refractivity contribution in [3.63, 3.8) is 0 Å². The Balaban J connectivity index is 1.53. The molecule has 0 spiro atoms. The van der Waals surface area contributed by atoms with Crippen LogP contribution in [0.5, 0.6) is 0 Å². The van der Waals surface area contributed by atoms with Gasteiger partial charge in [0.25, 0.3) is 0 Å². The summed E-state index contributed by atoms with van der Waals surface area (Å²) in [5.41, 5.74) is 2.10. The lowest BCUT2D eigenvalue weighted by molar-refractivity contribution is 0.385. The molecule has 0 saturated carbocycles. The number of sulfonamides is 1. The first-order valence-electron chi connectivity index (χ1n) is 8.78. The summed E-state index contributed by atoms with van der Waals surface area (Å²) in [7, 11) is -3.48. The van der Waals surface area contributed by atoms with Crippen molar-refractivity contribution in [2.45, 2.75) is 18.7 Å². The number of thiazole rings is 1. The molecule has 1 saturated heterocycles. The second kappa shape index (κ2) is 7.35. The summed E-state index contributed by atoms with van der Waals surface area (Å²) >= 11 is 3.05. The van der Waals surface area contributed by atoms with Crippen LogP contribution >= 0.6 is 22.7 Å². The van der Waals surface area contributed by atoms with Gasteiger partial charge in [-0.05, 0) is 32.0 Å². The van der Waals surface area contributed by atoms with Crippen LogP contribution < -0.4 is 4.90 Å². The van der Waals surface area contributed by atoms with E-state index in [1.165, 1.54) is 11.3 Å². The van der Waals surface area contributed by atoms with Crippen LogP contribution in [0.2, 0.25) is 0 Å². The fourth-order valence-electron chi connectivity index (χ4n) is 3.26. The van der Waals surface area contributed by atoms with Gasteiger partial charge < -0.3 is 4.90 Å². The molecule has 0 aliphatic carbocycles. The number of rotatable bonds is 4. The maximum absolute atomic E-state index is 13.2. The van der Waals surface area contributed by atoms with E-state index in [1.54, 1.807) is 21.7 Å². The first-order valence-corrected chi connectivity index (χ1v) is 11.9. The molecule has 0 unspecified atom stereocenters. The minimum absolute atomic E-state index is 0.420. The van der Waals surface area contributed by atoms with Gasteiger partial charge in [0, 0.05) is 47.8 Å². The molecule has 0 amide bonds. The Kier molecular flexibility index (Phi) is 5.07. The van der Waals surface area contributed by atoms with E-state index in [9.17, 15) is 8.42 Å². The molecule has 8 heteroatoms. The highest BCUT2D eigenvalue weighted by Gasteiger charge is 2.31.